The molecule has 1 nitrogen and oxygen atoms in total. The van der Waals surface area contributed by atoms with E-state index in [0.29, 0.717) is 12.2 Å². The SMILES string of the molecule is OC(=CC=C1C=CC=CC1)CC=C1C=CC=CC1. The van der Waals surface area contributed by atoms with Gasteiger partial charge in [-0.1, -0.05) is 60.8 Å². The molecule has 0 atom stereocenters. The van der Waals surface area contributed by atoms with Gasteiger partial charge in [0.15, 0.2) is 0 Å². The maximum atomic E-state index is 9.80. The van der Waals surface area contributed by atoms with E-state index in [0.717, 1.165) is 12.8 Å². The van der Waals surface area contributed by atoms with Crippen LogP contribution in [0.25, 0.3) is 0 Å². The van der Waals surface area contributed by atoms with Crippen molar-refractivity contribution < 1.29 is 5.11 Å². The fraction of sp³-hybridized carbons (Fsp3) is 0.176. The number of rotatable bonds is 3. The van der Waals surface area contributed by atoms with Crippen LogP contribution in [0.5, 0.6) is 0 Å². The van der Waals surface area contributed by atoms with Gasteiger partial charge >= 0.3 is 0 Å². The summed E-state index contributed by atoms with van der Waals surface area (Å²) in [6, 6.07) is 0. The zero-order chi connectivity index (χ0) is 12.6. The van der Waals surface area contributed by atoms with E-state index in [9.17, 15) is 5.11 Å². The summed E-state index contributed by atoms with van der Waals surface area (Å²) >= 11 is 0. The molecule has 0 bridgehead atoms. The molecule has 0 aromatic rings. The summed E-state index contributed by atoms with van der Waals surface area (Å²) in [6.45, 7) is 0. The normalized spacial score (nSPS) is 23.2. The summed E-state index contributed by atoms with van der Waals surface area (Å²) in [7, 11) is 0. The third-order valence-electron chi connectivity index (χ3n) is 2.89. The highest BCUT2D eigenvalue weighted by Crippen LogP contribution is 2.14. The summed E-state index contributed by atoms with van der Waals surface area (Å²) < 4.78 is 0. The molecule has 0 saturated carbocycles. The van der Waals surface area contributed by atoms with Crippen LogP contribution in [0, 0.1) is 0 Å². The number of allylic oxidation sites excluding steroid dienone is 13. The molecule has 0 aromatic heterocycles. The highest BCUT2D eigenvalue weighted by Gasteiger charge is 1.96. The average Bonchev–Trinajstić information content (AvgIpc) is 2.45. The molecule has 2 aliphatic carbocycles. The molecule has 0 aliphatic heterocycles. The number of hydrogen-bond donors (Lipinski definition) is 1. The van der Waals surface area contributed by atoms with Gasteiger partial charge in [0.25, 0.3) is 0 Å². The van der Waals surface area contributed by atoms with Crippen LogP contribution in [0.2, 0.25) is 0 Å². The molecule has 0 amide bonds. The van der Waals surface area contributed by atoms with Crippen LogP contribution < -0.4 is 0 Å². The molecule has 0 radical (unpaired) electrons. The lowest BCUT2D eigenvalue weighted by molar-refractivity contribution is 0.401. The van der Waals surface area contributed by atoms with Crippen molar-refractivity contribution in [2.24, 2.45) is 0 Å². The summed E-state index contributed by atoms with van der Waals surface area (Å²) in [6.07, 6.45) is 24.8. The molecule has 0 aromatic carbocycles. The lowest BCUT2D eigenvalue weighted by atomic mass is 10.1. The first-order valence-electron chi connectivity index (χ1n) is 6.29. The largest absolute Gasteiger partial charge is 0.512 e. The highest BCUT2D eigenvalue weighted by molar-refractivity contribution is 5.33. The van der Waals surface area contributed by atoms with Crippen molar-refractivity contribution in [3.8, 4) is 0 Å². The second kappa shape index (κ2) is 6.65. The van der Waals surface area contributed by atoms with E-state index in [1.54, 1.807) is 6.08 Å². The van der Waals surface area contributed by atoms with Gasteiger partial charge in [0, 0.05) is 6.42 Å². The van der Waals surface area contributed by atoms with Gasteiger partial charge in [-0.05, 0) is 30.1 Å². The minimum absolute atomic E-state index is 0.404. The quantitative estimate of drug-likeness (QED) is 0.706. The molecule has 0 saturated heterocycles. The Labute approximate surface area is 109 Å². The first kappa shape index (κ1) is 12.4. The van der Waals surface area contributed by atoms with Gasteiger partial charge < -0.3 is 5.11 Å². The molecule has 0 unspecified atom stereocenters. The second-order valence-electron chi connectivity index (χ2n) is 4.37. The number of aliphatic hydroxyl groups excluding tert-OH is 1. The Kier molecular flexibility index (Phi) is 4.60. The molecule has 1 heteroatoms. The van der Waals surface area contributed by atoms with Crippen molar-refractivity contribution in [1.29, 1.82) is 0 Å². The van der Waals surface area contributed by atoms with E-state index in [1.807, 2.05) is 30.4 Å². The molecule has 2 rings (SSSR count). The van der Waals surface area contributed by atoms with Crippen LogP contribution in [-0.2, 0) is 0 Å². The van der Waals surface area contributed by atoms with Gasteiger partial charge in [0.2, 0.25) is 0 Å². The summed E-state index contributed by atoms with van der Waals surface area (Å²) in [5.74, 6) is 0.404. The molecular formula is C17H18O. The topological polar surface area (TPSA) is 20.2 Å². The fourth-order valence-corrected chi connectivity index (χ4v) is 1.84. The Hall–Kier alpha value is -2.02. The number of hydrogen-bond acceptors (Lipinski definition) is 1. The lowest BCUT2D eigenvalue weighted by Crippen LogP contribution is -1.84. The van der Waals surface area contributed by atoms with E-state index >= 15 is 0 Å². The zero-order valence-corrected chi connectivity index (χ0v) is 10.4. The van der Waals surface area contributed by atoms with E-state index < -0.39 is 0 Å². The molecule has 0 heterocycles. The fourth-order valence-electron chi connectivity index (χ4n) is 1.84. The van der Waals surface area contributed by atoms with Gasteiger partial charge in [-0.2, -0.15) is 0 Å². The summed E-state index contributed by atoms with van der Waals surface area (Å²) in [5.41, 5.74) is 2.47. The van der Waals surface area contributed by atoms with Crippen molar-refractivity contribution in [2.45, 2.75) is 19.3 Å². The first-order chi connectivity index (χ1) is 8.84. The summed E-state index contributed by atoms with van der Waals surface area (Å²) in [4.78, 5) is 0. The second-order valence-corrected chi connectivity index (χ2v) is 4.37. The lowest BCUT2D eigenvalue weighted by Gasteiger charge is -2.02. The van der Waals surface area contributed by atoms with Gasteiger partial charge in [0.1, 0.15) is 0 Å². The van der Waals surface area contributed by atoms with Crippen molar-refractivity contribution >= 4 is 0 Å². The van der Waals surface area contributed by atoms with E-state index in [2.05, 4.69) is 30.4 Å². The Morgan fingerprint density at radius 1 is 1.00 bits per heavy atom. The minimum Gasteiger partial charge on any atom is -0.512 e. The van der Waals surface area contributed by atoms with Crippen LogP contribution in [0.1, 0.15) is 19.3 Å². The summed E-state index contributed by atoms with van der Waals surface area (Å²) in [5, 5.41) is 9.80. The molecular weight excluding hydrogens is 220 g/mol. The molecule has 18 heavy (non-hydrogen) atoms. The van der Waals surface area contributed by atoms with Crippen LogP contribution in [0.15, 0.2) is 83.7 Å². The smallest absolute Gasteiger partial charge is 0.0960 e. The molecule has 1 N–H and O–H groups in total. The van der Waals surface area contributed by atoms with Crippen molar-refractivity contribution in [1.82, 2.24) is 0 Å². The zero-order valence-electron chi connectivity index (χ0n) is 10.4. The van der Waals surface area contributed by atoms with Gasteiger partial charge in [-0.3, -0.25) is 0 Å². The predicted octanol–water partition coefficient (Wildman–Crippen LogP) is 4.70. The highest BCUT2D eigenvalue weighted by atomic mass is 16.3. The standard InChI is InChI=1S/C17H18O/c18-17(13-11-15-7-3-1-4-8-15)14-12-16-9-5-2-6-10-16/h1-7,9,11-13,18H,8,10,14H2. The number of aliphatic hydroxyl groups is 1. The van der Waals surface area contributed by atoms with Crippen LogP contribution in [0.3, 0.4) is 0 Å². The van der Waals surface area contributed by atoms with Gasteiger partial charge in [0.05, 0.1) is 5.76 Å². The maximum absolute atomic E-state index is 9.80. The van der Waals surface area contributed by atoms with Crippen molar-refractivity contribution in [3.05, 3.63) is 83.7 Å². The molecule has 92 valence electrons. The minimum atomic E-state index is 0.404. The first-order valence-corrected chi connectivity index (χ1v) is 6.29. The third-order valence-corrected chi connectivity index (χ3v) is 2.89. The van der Waals surface area contributed by atoms with E-state index in [4.69, 9.17) is 0 Å². The van der Waals surface area contributed by atoms with E-state index in [1.165, 1.54) is 11.1 Å². The van der Waals surface area contributed by atoms with Gasteiger partial charge in [-0.15, -0.1) is 0 Å². The third kappa shape index (κ3) is 4.10. The van der Waals surface area contributed by atoms with Crippen LogP contribution in [0.4, 0.5) is 0 Å². The van der Waals surface area contributed by atoms with Crippen LogP contribution >= 0.6 is 0 Å². The Morgan fingerprint density at radius 3 is 2.28 bits per heavy atom. The monoisotopic (exact) mass is 238 g/mol. The van der Waals surface area contributed by atoms with Crippen LogP contribution in [-0.4, -0.2) is 5.11 Å². The predicted molar refractivity (Wildman–Crippen MR) is 77.3 cm³/mol. The average molecular weight is 238 g/mol. The Bertz CT molecular complexity index is 494. The Balaban J connectivity index is 1.89. The van der Waals surface area contributed by atoms with Crippen molar-refractivity contribution in [2.75, 3.05) is 0 Å². The maximum Gasteiger partial charge on any atom is 0.0960 e. The van der Waals surface area contributed by atoms with Crippen molar-refractivity contribution in [3.63, 3.8) is 0 Å². The van der Waals surface area contributed by atoms with Gasteiger partial charge in [-0.25, -0.2) is 0 Å². The molecule has 0 fully saturated rings. The molecule has 2 aliphatic rings. The Morgan fingerprint density at radius 2 is 1.67 bits per heavy atom. The van der Waals surface area contributed by atoms with E-state index in [-0.39, 0.29) is 0 Å². The molecule has 0 spiro atoms.